The topological polar surface area (TPSA) is 72.2 Å². The van der Waals surface area contributed by atoms with Gasteiger partial charge in [-0.25, -0.2) is 0 Å². The Bertz CT molecular complexity index is 311. The van der Waals surface area contributed by atoms with Gasteiger partial charge in [0.2, 0.25) is 5.91 Å². The minimum Gasteiger partial charge on any atom is -0.369 e. The molecule has 0 aromatic heterocycles. The SMILES string of the molecule is NC(=O)C(CN[C]=O)c1ccccc1. The summed E-state index contributed by atoms with van der Waals surface area (Å²) >= 11 is 0. The van der Waals surface area contributed by atoms with Crippen LogP contribution in [0.15, 0.2) is 30.3 Å². The van der Waals surface area contributed by atoms with E-state index in [4.69, 9.17) is 5.73 Å². The maximum absolute atomic E-state index is 11.1. The third kappa shape index (κ3) is 2.58. The largest absolute Gasteiger partial charge is 0.369 e. The van der Waals surface area contributed by atoms with E-state index in [0.717, 1.165) is 5.56 Å². The van der Waals surface area contributed by atoms with E-state index in [1.54, 1.807) is 12.1 Å². The number of hydrogen-bond acceptors (Lipinski definition) is 2. The van der Waals surface area contributed by atoms with Crippen molar-refractivity contribution in [3.05, 3.63) is 35.9 Å². The Hall–Kier alpha value is -1.84. The van der Waals surface area contributed by atoms with Gasteiger partial charge in [0.25, 0.3) is 0 Å². The second kappa shape index (κ2) is 5.01. The highest BCUT2D eigenvalue weighted by molar-refractivity contribution is 5.82. The molecular weight excluding hydrogens is 180 g/mol. The van der Waals surface area contributed by atoms with Crippen LogP contribution in [0, 0.1) is 0 Å². The molecule has 4 nitrogen and oxygen atoms in total. The van der Waals surface area contributed by atoms with Gasteiger partial charge in [0.15, 0.2) is 0 Å². The van der Waals surface area contributed by atoms with E-state index >= 15 is 0 Å². The molecule has 0 aliphatic rings. The number of carbonyl (C=O) groups excluding carboxylic acids is 2. The van der Waals surface area contributed by atoms with Crippen LogP contribution in [-0.2, 0) is 9.59 Å². The molecule has 0 spiro atoms. The molecule has 1 rings (SSSR count). The summed E-state index contributed by atoms with van der Waals surface area (Å²) in [7, 11) is 0. The van der Waals surface area contributed by atoms with Crippen molar-refractivity contribution in [3.8, 4) is 0 Å². The summed E-state index contributed by atoms with van der Waals surface area (Å²) in [6.07, 6.45) is 1.52. The lowest BCUT2D eigenvalue weighted by molar-refractivity contribution is -0.119. The fourth-order valence-electron chi connectivity index (χ4n) is 1.21. The Kier molecular flexibility index (Phi) is 3.67. The van der Waals surface area contributed by atoms with Crippen molar-refractivity contribution in [2.75, 3.05) is 6.54 Å². The molecule has 0 saturated heterocycles. The third-order valence-corrected chi connectivity index (χ3v) is 1.92. The zero-order valence-electron chi connectivity index (χ0n) is 7.57. The molecule has 0 fully saturated rings. The van der Waals surface area contributed by atoms with E-state index in [2.05, 4.69) is 5.32 Å². The number of nitrogens with one attached hydrogen (secondary N) is 1. The molecular formula is C10H11N2O2. The monoisotopic (exact) mass is 191 g/mol. The van der Waals surface area contributed by atoms with Crippen LogP contribution < -0.4 is 11.1 Å². The maximum atomic E-state index is 11.1. The lowest BCUT2D eigenvalue weighted by Crippen LogP contribution is -2.30. The van der Waals surface area contributed by atoms with Crippen LogP contribution in [0.2, 0.25) is 0 Å². The van der Waals surface area contributed by atoms with Gasteiger partial charge in [-0.15, -0.1) is 0 Å². The van der Waals surface area contributed by atoms with Crippen LogP contribution >= 0.6 is 0 Å². The number of hydrogen-bond donors (Lipinski definition) is 2. The summed E-state index contributed by atoms with van der Waals surface area (Å²) < 4.78 is 0. The van der Waals surface area contributed by atoms with Crippen LogP contribution in [0.25, 0.3) is 0 Å². The molecule has 4 heteroatoms. The Labute approximate surface area is 82.1 Å². The molecule has 2 amide bonds. The van der Waals surface area contributed by atoms with Crippen LogP contribution in [0.4, 0.5) is 0 Å². The van der Waals surface area contributed by atoms with Gasteiger partial charge in [-0.2, -0.15) is 0 Å². The molecule has 3 N–H and O–H groups in total. The predicted octanol–water partition coefficient (Wildman–Crippen LogP) is -0.0877. The molecule has 1 aromatic rings. The lowest BCUT2D eigenvalue weighted by atomic mass is 9.99. The second-order valence-electron chi connectivity index (χ2n) is 2.85. The summed E-state index contributed by atoms with van der Waals surface area (Å²) in [5, 5.41) is 2.32. The lowest BCUT2D eigenvalue weighted by Gasteiger charge is -2.11. The van der Waals surface area contributed by atoms with Crippen molar-refractivity contribution in [2.24, 2.45) is 5.73 Å². The standard InChI is InChI=1S/C10H11N2O2/c11-10(14)9(6-12-7-13)8-4-2-1-3-5-8/h1-5,9H,6H2,(H2,11,14)(H,12,13). The maximum Gasteiger partial charge on any atom is 0.309 e. The Morgan fingerprint density at radius 2 is 2.07 bits per heavy atom. The number of amides is 2. The van der Waals surface area contributed by atoms with E-state index in [0.29, 0.717) is 0 Å². The minimum absolute atomic E-state index is 0.183. The van der Waals surface area contributed by atoms with Crippen LogP contribution in [0.3, 0.4) is 0 Å². The molecule has 1 unspecified atom stereocenters. The molecule has 0 bridgehead atoms. The molecule has 14 heavy (non-hydrogen) atoms. The highest BCUT2D eigenvalue weighted by atomic mass is 16.1. The quantitative estimate of drug-likeness (QED) is 0.638. The zero-order valence-corrected chi connectivity index (χ0v) is 7.57. The van der Waals surface area contributed by atoms with E-state index in [1.807, 2.05) is 18.2 Å². The second-order valence-corrected chi connectivity index (χ2v) is 2.85. The first kappa shape index (κ1) is 10.2. The third-order valence-electron chi connectivity index (χ3n) is 1.92. The van der Waals surface area contributed by atoms with E-state index in [9.17, 15) is 9.59 Å². The predicted molar refractivity (Wildman–Crippen MR) is 52.1 cm³/mol. The van der Waals surface area contributed by atoms with Crippen molar-refractivity contribution in [3.63, 3.8) is 0 Å². The molecule has 1 aromatic carbocycles. The van der Waals surface area contributed by atoms with E-state index < -0.39 is 11.8 Å². The normalized spacial score (nSPS) is 11.7. The number of nitrogens with two attached hydrogens (primary N) is 1. The van der Waals surface area contributed by atoms with Crippen molar-refractivity contribution in [1.82, 2.24) is 5.32 Å². The molecule has 1 atom stereocenters. The van der Waals surface area contributed by atoms with Crippen molar-refractivity contribution in [2.45, 2.75) is 5.92 Å². The van der Waals surface area contributed by atoms with Crippen LogP contribution in [0.1, 0.15) is 11.5 Å². The fourth-order valence-corrected chi connectivity index (χ4v) is 1.21. The van der Waals surface area contributed by atoms with Crippen LogP contribution in [-0.4, -0.2) is 18.9 Å². The Balaban J connectivity index is 2.78. The summed E-state index contributed by atoms with van der Waals surface area (Å²) in [5.41, 5.74) is 5.99. The summed E-state index contributed by atoms with van der Waals surface area (Å²) in [6, 6.07) is 9.07. The molecule has 0 saturated carbocycles. The minimum atomic E-state index is -0.488. The van der Waals surface area contributed by atoms with Gasteiger partial charge in [0, 0.05) is 6.54 Å². The Morgan fingerprint density at radius 3 is 2.57 bits per heavy atom. The number of carbonyl (C=O) groups is 1. The number of rotatable bonds is 5. The van der Waals surface area contributed by atoms with E-state index in [-0.39, 0.29) is 6.54 Å². The van der Waals surface area contributed by atoms with Gasteiger partial charge >= 0.3 is 6.41 Å². The van der Waals surface area contributed by atoms with Crippen molar-refractivity contribution in [1.29, 1.82) is 0 Å². The van der Waals surface area contributed by atoms with Crippen molar-refractivity contribution < 1.29 is 9.59 Å². The average Bonchev–Trinajstić information content (AvgIpc) is 2.19. The van der Waals surface area contributed by atoms with Gasteiger partial charge < -0.3 is 11.1 Å². The van der Waals surface area contributed by atoms with Gasteiger partial charge in [-0.1, -0.05) is 30.3 Å². The van der Waals surface area contributed by atoms with E-state index in [1.165, 1.54) is 6.41 Å². The van der Waals surface area contributed by atoms with Gasteiger partial charge in [0.05, 0.1) is 5.92 Å². The first-order valence-corrected chi connectivity index (χ1v) is 4.20. The fraction of sp³-hybridized carbons (Fsp3) is 0.200. The summed E-state index contributed by atoms with van der Waals surface area (Å²) in [5.74, 6) is -0.948. The highest BCUT2D eigenvalue weighted by Gasteiger charge is 2.16. The highest BCUT2D eigenvalue weighted by Crippen LogP contribution is 2.13. The smallest absolute Gasteiger partial charge is 0.309 e. The van der Waals surface area contributed by atoms with Crippen molar-refractivity contribution >= 4 is 12.3 Å². The number of primary amides is 1. The van der Waals surface area contributed by atoms with Gasteiger partial charge in [0.1, 0.15) is 0 Å². The van der Waals surface area contributed by atoms with Gasteiger partial charge in [-0.05, 0) is 5.56 Å². The zero-order chi connectivity index (χ0) is 10.4. The Morgan fingerprint density at radius 1 is 1.43 bits per heavy atom. The first-order chi connectivity index (χ1) is 6.75. The molecule has 1 radical (unpaired) electrons. The molecule has 0 aliphatic heterocycles. The first-order valence-electron chi connectivity index (χ1n) is 4.20. The summed E-state index contributed by atoms with van der Waals surface area (Å²) in [6.45, 7) is 0.183. The summed E-state index contributed by atoms with van der Waals surface area (Å²) in [4.78, 5) is 21.0. The number of benzene rings is 1. The molecule has 73 valence electrons. The van der Waals surface area contributed by atoms with Crippen LogP contribution in [0.5, 0.6) is 0 Å². The average molecular weight is 191 g/mol. The van der Waals surface area contributed by atoms with Gasteiger partial charge in [-0.3, -0.25) is 9.59 Å². The molecule has 0 heterocycles. The molecule has 0 aliphatic carbocycles.